The van der Waals surface area contributed by atoms with Gasteiger partial charge >= 0.3 is 6.18 Å². The third kappa shape index (κ3) is 4.36. The standard InChI is InChI=1S/C5H2F3NOS.C3H8/c6-5(7,8)4-1-3(9-10)2-11-4;1-3-2/h1-2H;3H2,1-2H3. The number of alkyl halides is 3. The molecule has 1 heterocycles. The van der Waals surface area contributed by atoms with Crippen LogP contribution in [0.4, 0.5) is 18.9 Å². The van der Waals surface area contributed by atoms with E-state index in [1.807, 2.05) is 0 Å². The third-order valence-corrected chi connectivity index (χ3v) is 1.93. The van der Waals surface area contributed by atoms with E-state index in [0.29, 0.717) is 11.3 Å². The van der Waals surface area contributed by atoms with Crippen molar-refractivity contribution in [1.29, 1.82) is 0 Å². The van der Waals surface area contributed by atoms with Gasteiger partial charge in [0.15, 0.2) is 0 Å². The second-order valence-electron chi connectivity index (χ2n) is 2.47. The molecule has 0 bridgehead atoms. The highest BCUT2D eigenvalue weighted by Crippen LogP contribution is 2.36. The zero-order valence-electron chi connectivity index (χ0n) is 7.76. The van der Waals surface area contributed by atoms with E-state index in [-0.39, 0.29) is 5.69 Å². The van der Waals surface area contributed by atoms with Crippen LogP contribution in [-0.2, 0) is 6.18 Å². The van der Waals surface area contributed by atoms with E-state index >= 15 is 0 Å². The van der Waals surface area contributed by atoms with Crippen LogP contribution in [0.2, 0.25) is 0 Å². The zero-order chi connectivity index (χ0) is 11.2. The summed E-state index contributed by atoms with van der Waals surface area (Å²) < 4.78 is 35.4. The highest BCUT2D eigenvalue weighted by Gasteiger charge is 2.32. The minimum Gasteiger partial charge on any atom is -0.165 e. The van der Waals surface area contributed by atoms with Crippen LogP contribution in [-0.4, -0.2) is 0 Å². The van der Waals surface area contributed by atoms with Crippen molar-refractivity contribution in [2.24, 2.45) is 5.18 Å². The Morgan fingerprint density at radius 3 is 2.14 bits per heavy atom. The second-order valence-corrected chi connectivity index (χ2v) is 3.38. The molecule has 0 aliphatic carbocycles. The van der Waals surface area contributed by atoms with Crippen molar-refractivity contribution in [3.05, 3.63) is 21.2 Å². The van der Waals surface area contributed by atoms with E-state index in [9.17, 15) is 18.1 Å². The van der Waals surface area contributed by atoms with Gasteiger partial charge in [-0.15, -0.1) is 16.2 Å². The molecule has 80 valence electrons. The highest BCUT2D eigenvalue weighted by atomic mass is 32.1. The minimum atomic E-state index is -4.37. The maximum Gasteiger partial charge on any atom is 0.425 e. The summed E-state index contributed by atoms with van der Waals surface area (Å²) in [7, 11) is 0. The summed E-state index contributed by atoms with van der Waals surface area (Å²) in [5, 5.41) is 3.43. The van der Waals surface area contributed by atoms with E-state index in [1.165, 1.54) is 6.42 Å². The molecule has 0 spiro atoms. The smallest absolute Gasteiger partial charge is 0.165 e. The minimum absolute atomic E-state index is 0.178. The molecule has 1 rings (SSSR count). The van der Waals surface area contributed by atoms with Crippen LogP contribution in [0.5, 0.6) is 0 Å². The fourth-order valence-corrected chi connectivity index (χ4v) is 1.20. The predicted octanol–water partition coefficient (Wildman–Crippen LogP) is 4.58. The van der Waals surface area contributed by atoms with Crippen molar-refractivity contribution >= 4 is 17.0 Å². The normalized spacial score (nSPS) is 10.4. The van der Waals surface area contributed by atoms with Crippen molar-refractivity contribution < 1.29 is 13.2 Å². The van der Waals surface area contributed by atoms with Gasteiger partial charge in [0, 0.05) is 5.38 Å². The molecule has 1 aromatic heterocycles. The van der Waals surface area contributed by atoms with Gasteiger partial charge in [0.25, 0.3) is 0 Å². The Morgan fingerprint density at radius 1 is 1.43 bits per heavy atom. The van der Waals surface area contributed by atoms with Gasteiger partial charge in [-0.3, -0.25) is 0 Å². The fourth-order valence-electron chi connectivity index (χ4n) is 0.523. The van der Waals surface area contributed by atoms with Crippen molar-refractivity contribution in [3.63, 3.8) is 0 Å². The topological polar surface area (TPSA) is 29.4 Å². The second kappa shape index (κ2) is 5.74. The van der Waals surface area contributed by atoms with Gasteiger partial charge < -0.3 is 0 Å². The summed E-state index contributed by atoms with van der Waals surface area (Å²) in [6.07, 6.45) is -3.12. The van der Waals surface area contributed by atoms with Gasteiger partial charge in [-0.05, 0) is 11.2 Å². The largest absolute Gasteiger partial charge is 0.425 e. The van der Waals surface area contributed by atoms with E-state index in [1.54, 1.807) is 0 Å². The van der Waals surface area contributed by atoms with E-state index < -0.39 is 11.1 Å². The first kappa shape index (κ1) is 13.1. The Hall–Kier alpha value is -0.910. The SMILES string of the molecule is CCC.O=Nc1csc(C(F)(F)F)c1. The molecular weight excluding hydrogens is 215 g/mol. The average molecular weight is 225 g/mol. The zero-order valence-corrected chi connectivity index (χ0v) is 8.58. The van der Waals surface area contributed by atoms with Gasteiger partial charge in [0.05, 0.1) is 0 Å². The van der Waals surface area contributed by atoms with Gasteiger partial charge in [-0.25, -0.2) is 0 Å². The molecule has 0 unspecified atom stereocenters. The molecular formula is C8H10F3NOS. The number of hydrogen-bond donors (Lipinski definition) is 0. The first-order chi connectivity index (χ1) is 6.45. The molecule has 0 aromatic carbocycles. The Balaban J connectivity index is 0.000000500. The molecule has 0 radical (unpaired) electrons. The van der Waals surface area contributed by atoms with E-state index in [0.717, 1.165) is 11.4 Å². The van der Waals surface area contributed by atoms with Crippen LogP contribution < -0.4 is 0 Å². The molecule has 0 saturated heterocycles. The lowest BCUT2D eigenvalue weighted by atomic mass is 10.4. The number of rotatable bonds is 1. The average Bonchev–Trinajstić information content (AvgIpc) is 2.52. The summed E-state index contributed by atoms with van der Waals surface area (Å²) in [5.74, 6) is 0. The number of nitroso groups, excluding NO2 is 1. The summed E-state index contributed by atoms with van der Waals surface area (Å²) >= 11 is 0.462. The van der Waals surface area contributed by atoms with Gasteiger partial charge in [-0.1, -0.05) is 20.3 Å². The summed E-state index contributed by atoms with van der Waals surface area (Å²) in [4.78, 5) is 8.94. The summed E-state index contributed by atoms with van der Waals surface area (Å²) in [5.41, 5.74) is -0.178. The van der Waals surface area contributed by atoms with Crippen molar-refractivity contribution in [1.82, 2.24) is 0 Å². The monoisotopic (exact) mass is 225 g/mol. The number of hydrogen-bond acceptors (Lipinski definition) is 3. The maximum absolute atomic E-state index is 11.8. The molecule has 0 saturated carbocycles. The molecule has 0 amide bonds. The lowest BCUT2D eigenvalue weighted by Crippen LogP contribution is -2.00. The maximum atomic E-state index is 11.8. The molecule has 0 fully saturated rings. The highest BCUT2D eigenvalue weighted by molar-refractivity contribution is 7.10. The molecule has 1 aromatic rings. The Kier molecular flexibility index (Phi) is 5.37. The number of nitrogens with zero attached hydrogens (tertiary/aromatic N) is 1. The lowest BCUT2D eigenvalue weighted by Gasteiger charge is -1.99. The van der Waals surface area contributed by atoms with Crippen LogP contribution in [0.3, 0.4) is 0 Å². The van der Waals surface area contributed by atoms with Gasteiger partial charge in [0.2, 0.25) is 0 Å². The first-order valence-corrected chi connectivity index (χ1v) is 4.82. The van der Waals surface area contributed by atoms with Crippen molar-refractivity contribution in [2.45, 2.75) is 26.4 Å². The Bertz CT molecular complexity index is 282. The molecule has 0 aliphatic rings. The van der Waals surface area contributed by atoms with Crippen LogP contribution >= 0.6 is 11.3 Å². The van der Waals surface area contributed by atoms with Crippen LogP contribution in [0.25, 0.3) is 0 Å². The van der Waals surface area contributed by atoms with Crippen molar-refractivity contribution in [3.8, 4) is 0 Å². The van der Waals surface area contributed by atoms with Crippen LogP contribution in [0.15, 0.2) is 16.6 Å². The predicted molar refractivity (Wildman–Crippen MR) is 50.7 cm³/mol. The Labute approximate surface area is 83.7 Å². The molecule has 2 nitrogen and oxygen atoms in total. The molecule has 0 N–H and O–H groups in total. The van der Waals surface area contributed by atoms with E-state index in [2.05, 4.69) is 19.0 Å². The van der Waals surface area contributed by atoms with Gasteiger partial charge in [0.1, 0.15) is 10.6 Å². The number of thiophene rings is 1. The summed E-state index contributed by atoms with van der Waals surface area (Å²) in [6.45, 7) is 4.25. The fraction of sp³-hybridized carbons (Fsp3) is 0.500. The molecule has 0 atom stereocenters. The molecule has 0 aliphatic heterocycles. The lowest BCUT2D eigenvalue weighted by molar-refractivity contribution is -0.134. The quantitative estimate of drug-likeness (QED) is 0.643. The Morgan fingerprint density at radius 2 is 1.93 bits per heavy atom. The summed E-state index contributed by atoms with van der Waals surface area (Å²) in [6, 6.07) is 0.720. The molecule has 14 heavy (non-hydrogen) atoms. The number of halogens is 3. The van der Waals surface area contributed by atoms with E-state index in [4.69, 9.17) is 0 Å². The molecule has 6 heteroatoms. The van der Waals surface area contributed by atoms with Crippen molar-refractivity contribution in [2.75, 3.05) is 0 Å². The first-order valence-electron chi connectivity index (χ1n) is 3.94. The van der Waals surface area contributed by atoms with Gasteiger partial charge in [-0.2, -0.15) is 13.2 Å². The van der Waals surface area contributed by atoms with Crippen LogP contribution in [0, 0.1) is 4.91 Å². The third-order valence-electron chi connectivity index (χ3n) is 0.970. The van der Waals surface area contributed by atoms with Crippen LogP contribution in [0.1, 0.15) is 25.1 Å².